The molecule has 0 spiro atoms. The largest absolute Gasteiger partial charge is 0.464 e. The van der Waals surface area contributed by atoms with Crippen molar-refractivity contribution in [2.45, 2.75) is 46.1 Å². The van der Waals surface area contributed by atoms with Gasteiger partial charge in [-0.3, -0.25) is 4.68 Å². The second kappa shape index (κ2) is 6.75. The highest BCUT2D eigenvalue weighted by atomic mass is 16.3. The summed E-state index contributed by atoms with van der Waals surface area (Å²) in [6, 6.07) is 6.55. The van der Waals surface area contributed by atoms with Gasteiger partial charge in [0.2, 0.25) is 0 Å². The molecule has 0 saturated carbocycles. The van der Waals surface area contributed by atoms with E-state index in [1.807, 2.05) is 11.7 Å². The van der Waals surface area contributed by atoms with E-state index in [0.717, 1.165) is 43.0 Å². The molecule has 0 fully saturated rings. The zero-order valence-electron chi connectivity index (χ0n) is 12.9. The fourth-order valence-electron chi connectivity index (χ4n) is 2.44. The van der Waals surface area contributed by atoms with Gasteiger partial charge in [0.15, 0.2) is 0 Å². The summed E-state index contributed by atoms with van der Waals surface area (Å²) in [5.74, 6) is 2.06. The molecule has 0 aliphatic carbocycles. The summed E-state index contributed by atoms with van der Waals surface area (Å²) in [5, 5.41) is 8.02. The van der Waals surface area contributed by atoms with Crippen molar-refractivity contribution >= 4 is 0 Å². The molecule has 2 aromatic heterocycles. The molecule has 1 N–H and O–H groups in total. The number of likely N-dealkylation sites (N-methyl/N-ethyl adjacent to an activating group) is 1. The highest BCUT2D eigenvalue weighted by Gasteiger charge is 2.17. The number of hydrogen-bond acceptors (Lipinski definition) is 3. The standard InChI is InChI=1S/C16H25N3O/c1-5-12-10-13(19(4)18-12)11-15(17-7-3)16-9-8-14(6-2)20-16/h8-10,15,17H,5-7,11H2,1-4H3. The molecule has 20 heavy (non-hydrogen) atoms. The quantitative estimate of drug-likeness (QED) is 0.844. The van der Waals surface area contributed by atoms with Gasteiger partial charge in [0, 0.05) is 25.6 Å². The van der Waals surface area contributed by atoms with Gasteiger partial charge in [-0.15, -0.1) is 0 Å². The molecule has 0 aliphatic heterocycles. The van der Waals surface area contributed by atoms with E-state index in [1.54, 1.807) is 0 Å². The Morgan fingerprint density at radius 2 is 2.05 bits per heavy atom. The zero-order valence-corrected chi connectivity index (χ0v) is 12.9. The van der Waals surface area contributed by atoms with Gasteiger partial charge in [0.1, 0.15) is 11.5 Å². The van der Waals surface area contributed by atoms with Crippen LogP contribution >= 0.6 is 0 Å². The summed E-state index contributed by atoms with van der Waals surface area (Å²) in [4.78, 5) is 0. The molecule has 0 aliphatic rings. The molecule has 110 valence electrons. The molecular formula is C16H25N3O. The monoisotopic (exact) mass is 275 g/mol. The predicted octanol–water partition coefficient (Wildman–Crippen LogP) is 3.03. The van der Waals surface area contributed by atoms with Crippen molar-refractivity contribution in [3.63, 3.8) is 0 Å². The minimum absolute atomic E-state index is 0.209. The van der Waals surface area contributed by atoms with Gasteiger partial charge in [-0.2, -0.15) is 5.10 Å². The SMILES string of the molecule is CCNC(Cc1cc(CC)nn1C)c1ccc(CC)o1. The van der Waals surface area contributed by atoms with E-state index in [0.29, 0.717) is 0 Å². The minimum Gasteiger partial charge on any atom is -0.464 e. The van der Waals surface area contributed by atoms with Crippen molar-refractivity contribution < 1.29 is 4.42 Å². The summed E-state index contributed by atoms with van der Waals surface area (Å²) < 4.78 is 7.88. The third-order valence-corrected chi connectivity index (χ3v) is 3.63. The lowest BCUT2D eigenvalue weighted by Crippen LogP contribution is -2.23. The average molecular weight is 275 g/mol. The van der Waals surface area contributed by atoms with Crippen LogP contribution in [0, 0.1) is 0 Å². The molecule has 1 atom stereocenters. The number of aryl methyl sites for hydroxylation is 3. The van der Waals surface area contributed by atoms with Gasteiger partial charge in [-0.1, -0.05) is 20.8 Å². The van der Waals surface area contributed by atoms with E-state index >= 15 is 0 Å². The Labute approximate surface area is 121 Å². The Morgan fingerprint density at radius 1 is 1.25 bits per heavy atom. The van der Waals surface area contributed by atoms with Crippen LogP contribution in [0.5, 0.6) is 0 Å². The lowest BCUT2D eigenvalue weighted by Gasteiger charge is -2.15. The van der Waals surface area contributed by atoms with Crippen LogP contribution in [0.25, 0.3) is 0 Å². The third-order valence-electron chi connectivity index (χ3n) is 3.63. The van der Waals surface area contributed by atoms with Crippen LogP contribution in [0.3, 0.4) is 0 Å². The number of hydrogen-bond donors (Lipinski definition) is 1. The van der Waals surface area contributed by atoms with Gasteiger partial charge in [0.05, 0.1) is 11.7 Å². The summed E-state index contributed by atoms with van der Waals surface area (Å²) >= 11 is 0. The Bertz CT molecular complexity index is 542. The van der Waals surface area contributed by atoms with Gasteiger partial charge in [0.25, 0.3) is 0 Å². The Kier molecular flexibility index (Phi) is 5.01. The van der Waals surface area contributed by atoms with Crippen LogP contribution < -0.4 is 5.32 Å². The first-order chi connectivity index (χ1) is 9.67. The second-order valence-electron chi connectivity index (χ2n) is 5.08. The van der Waals surface area contributed by atoms with E-state index < -0.39 is 0 Å². The number of aromatic nitrogens is 2. The molecule has 0 aromatic carbocycles. The van der Waals surface area contributed by atoms with Crippen molar-refractivity contribution in [3.05, 3.63) is 41.1 Å². The lowest BCUT2D eigenvalue weighted by molar-refractivity contribution is 0.392. The Balaban J connectivity index is 2.17. The van der Waals surface area contributed by atoms with Crippen LogP contribution in [0.4, 0.5) is 0 Å². The molecule has 4 heteroatoms. The van der Waals surface area contributed by atoms with Crippen LogP contribution in [-0.4, -0.2) is 16.3 Å². The van der Waals surface area contributed by atoms with Gasteiger partial charge in [-0.05, 0) is 31.2 Å². The number of furan rings is 1. The van der Waals surface area contributed by atoms with E-state index in [2.05, 4.69) is 49.4 Å². The maximum Gasteiger partial charge on any atom is 0.121 e. The van der Waals surface area contributed by atoms with Crippen LogP contribution in [0.1, 0.15) is 49.7 Å². The molecule has 1 unspecified atom stereocenters. The molecule has 2 heterocycles. The van der Waals surface area contributed by atoms with E-state index in [9.17, 15) is 0 Å². The van der Waals surface area contributed by atoms with Crippen LogP contribution in [0.2, 0.25) is 0 Å². The molecule has 0 radical (unpaired) electrons. The highest BCUT2D eigenvalue weighted by molar-refractivity contribution is 5.17. The zero-order chi connectivity index (χ0) is 14.5. The maximum atomic E-state index is 5.90. The topological polar surface area (TPSA) is 43.0 Å². The van der Waals surface area contributed by atoms with E-state index in [-0.39, 0.29) is 6.04 Å². The van der Waals surface area contributed by atoms with Crippen molar-refractivity contribution in [1.29, 1.82) is 0 Å². The molecule has 0 bridgehead atoms. The number of nitrogens with zero attached hydrogens (tertiary/aromatic N) is 2. The summed E-state index contributed by atoms with van der Waals surface area (Å²) in [5.41, 5.74) is 2.38. The van der Waals surface area contributed by atoms with Gasteiger partial charge >= 0.3 is 0 Å². The lowest BCUT2D eigenvalue weighted by atomic mass is 10.1. The molecule has 0 amide bonds. The Hall–Kier alpha value is -1.55. The smallest absolute Gasteiger partial charge is 0.121 e. The fraction of sp³-hybridized carbons (Fsp3) is 0.562. The molecular weight excluding hydrogens is 250 g/mol. The van der Waals surface area contributed by atoms with Crippen LogP contribution in [-0.2, 0) is 26.3 Å². The summed E-state index contributed by atoms with van der Waals surface area (Å²) in [6.45, 7) is 7.29. The van der Waals surface area contributed by atoms with Gasteiger partial charge < -0.3 is 9.73 Å². The highest BCUT2D eigenvalue weighted by Crippen LogP contribution is 2.21. The minimum atomic E-state index is 0.209. The van der Waals surface area contributed by atoms with Gasteiger partial charge in [-0.25, -0.2) is 0 Å². The van der Waals surface area contributed by atoms with Crippen molar-refractivity contribution in [2.75, 3.05) is 6.54 Å². The average Bonchev–Trinajstić information content (AvgIpc) is 3.05. The Morgan fingerprint density at radius 3 is 2.60 bits per heavy atom. The normalized spacial score (nSPS) is 12.8. The summed E-state index contributed by atoms with van der Waals surface area (Å²) in [7, 11) is 2.01. The van der Waals surface area contributed by atoms with Crippen molar-refractivity contribution in [2.24, 2.45) is 7.05 Å². The molecule has 2 rings (SSSR count). The predicted molar refractivity (Wildman–Crippen MR) is 80.8 cm³/mol. The molecule has 2 aromatic rings. The molecule has 4 nitrogen and oxygen atoms in total. The number of nitrogens with one attached hydrogen (secondary N) is 1. The first-order valence-corrected chi connectivity index (χ1v) is 7.51. The first-order valence-electron chi connectivity index (χ1n) is 7.51. The molecule has 0 saturated heterocycles. The van der Waals surface area contributed by atoms with E-state index in [1.165, 1.54) is 5.69 Å². The van der Waals surface area contributed by atoms with Crippen molar-refractivity contribution in [3.8, 4) is 0 Å². The number of rotatable bonds is 7. The maximum absolute atomic E-state index is 5.90. The second-order valence-corrected chi connectivity index (χ2v) is 5.08. The van der Waals surface area contributed by atoms with Crippen LogP contribution in [0.15, 0.2) is 22.6 Å². The van der Waals surface area contributed by atoms with E-state index in [4.69, 9.17) is 4.42 Å². The summed E-state index contributed by atoms with van der Waals surface area (Å²) in [6.07, 6.45) is 2.80. The van der Waals surface area contributed by atoms with Crippen molar-refractivity contribution in [1.82, 2.24) is 15.1 Å². The first kappa shape index (κ1) is 14.9. The fourth-order valence-corrected chi connectivity index (χ4v) is 2.44. The third kappa shape index (κ3) is 3.31.